The highest BCUT2D eigenvalue weighted by Gasteiger charge is 2.23. The van der Waals surface area contributed by atoms with Crippen molar-refractivity contribution in [1.29, 1.82) is 0 Å². The van der Waals surface area contributed by atoms with Crippen LogP contribution in [0.1, 0.15) is 61.8 Å². The van der Waals surface area contributed by atoms with Gasteiger partial charge in [0.05, 0.1) is 33.1 Å². The number of para-hydroxylation sites is 4. The van der Waals surface area contributed by atoms with Crippen molar-refractivity contribution in [3.63, 3.8) is 0 Å². The molecular formula is C58H46N4O. The Morgan fingerprint density at radius 3 is 1.33 bits per heavy atom. The van der Waals surface area contributed by atoms with Crippen LogP contribution >= 0.6 is 0 Å². The quantitative estimate of drug-likeness (QED) is 0.157. The molecule has 5 nitrogen and oxygen atoms in total. The summed E-state index contributed by atoms with van der Waals surface area (Å²) in [7, 11) is 0. The Hall–Kier alpha value is -7.50. The van der Waals surface area contributed by atoms with Gasteiger partial charge in [0.1, 0.15) is 22.8 Å². The molecule has 0 saturated heterocycles. The van der Waals surface area contributed by atoms with E-state index >= 15 is 0 Å². The number of nitrogens with zero attached hydrogens (tertiary/aromatic N) is 4. The third kappa shape index (κ3) is 5.55. The molecule has 0 amide bonds. The Morgan fingerprint density at radius 1 is 0.413 bits per heavy atom. The van der Waals surface area contributed by atoms with Crippen molar-refractivity contribution < 1.29 is 4.74 Å². The zero-order chi connectivity index (χ0) is 42.7. The van der Waals surface area contributed by atoms with Crippen LogP contribution in [0.2, 0.25) is 0 Å². The van der Waals surface area contributed by atoms with Crippen molar-refractivity contribution in [2.24, 2.45) is 0 Å². The highest BCUT2D eigenvalue weighted by Crippen LogP contribution is 2.45. The third-order valence-corrected chi connectivity index (χ3v) is 13.3. The van der Waals surface area contributed by atoms with E-state index in [-0.39, 0.29) is 0 Å². The summed E-state index contributed by atoms with van der Waals surface area (Å²) in [5.74, 6) is 2.22. The van der Waals surface area contributed by atoms with E-state index in [2.05, 4.69) is 208 Å². The van der Waals surface area contributed by atoms with E-state index in [9.17, 15) is 0 Å². The summed E-state index contributed by atoms with van der Waals surface area (Å²) in [5, 5.41) is 6.80. The first kappa shape index (κ1) is 37.3. The molecule has 0 aliphatic carbocycles. The fourth-order valence-corrected chi connectivity index (χ4v) is 10.6. The van der Waals surface area contributed by atoms with Gasteiger partial charge in [-0.05, 0) is 154 Å². The van der Waals surface area contributed by atoms with Crippen LogP contribution in [-0.4, -0.2) is 18.8 Å². The van der Waals surface area contributed by atoms with Crippen LogP contribution in [0.3, 0.4) is 0 Å². The number of aryl methyl sites for hydroxylation is 2. The summed E-state index contributed by atoms with van der Waals surface area (Å²) in [6.07, 6.45) is 0. The molecule has 4 aromatic heterocycles. The minimum absolute atomic E-state index is 0.359. The molecule has 8 aromatic carbocycles. The van der Waals surface area contributed by atoms with Crippen molar-refractivity contribution in [2.45, 2.75) is 53.4 Å². The van der Waals surface area contributed by atoms with Crippen molar-refractivity contribution >= 4 is 76.7 Å². The fourth-order valence-electron chi connectivity index (χ4n) is 10.6. The number of benzene rings is 8. The summed E-state index contributed by atoms with van der Waals surface area (Å²) >= 11 is 0. The van der Waals surface area contributed by atoms with E-state index in [1.165, 1.54) is 55.3 Å². The van der Waals surface area contributed by atoms with Gasteiger partial charge in [-0.15, -0.1) is 0 Å². The average Bonchev–Trinajstić information content (AvgIpc) is 3.89. The number of hydrogen-bond donors (Lipinski definition) is 0. The maximum atomic E-state index is 6.96. The standard InChI is InChI=1S/C58H46N4O/c1-33(2)39-17-12-18-40(34(3)4)54(39)44-20-14-26-52-56(44)42-30-28-38(32-46(42)58-60-48-22-8-10-24-50(48)62(52)58)63-37-27-29-41-45(31-37)57-59-47-21-7-9-23-49(47)61(57)51-25-13-19-43(55(41)51)53-35(5)15-11-16-36(53)6/h7-34H,1-6H3. The summed E-state index contributed by atoms with van der Waals surface area (Å²) in [4.78, 5) is 10.6. The zero-order valence-electron chi connectivity index (χ0n) is 36.4. The lowest BCUT2D eigenvalue weighted by Gasteiger charge is -2.22. The maximum absolute atomic E-state index is 6.96. The summed E-state index contributed by atoms with van der Waals surface area (Å²) in [5.41, 5.74) is 18.5. The van der Waals surface area contributed by atoms with Crippen LogP contribution in [0.25, 0.3) is 99.0 Å². The van der Waals surface area contributed by atoms with Crippen LogP contribution in [0.4, 0.5) is 0 Å². The largest absolute Gasteiger partial charge is 0.457 e. The third-order valence-electron chi connectivity index (χ3n) is 13.3. The number of rotatable bonds is 6. The highest BCUT2D eigenvalue weighted by molar-refractivity contribution is 6.20. The number of ether oxygens (including phenoxy) is 1. The molecule has 5 heteroatoms. The minimum atomic E-state index is 0.359. The first-order chi connectivity index (χ1) is 30.7. The molecule has 0 unspecified atom stereocenters. The second-order valence-electron chi connectivity index (χ2n) is 17.8. The lowest BCUT2D eigenvalue weighted by molar-refractivity contribution is 0.484. The molecule has 304 valence electrons. The SMILES string of the molecule is Cc1cccc(C)c1-c1cccc2c1c1ccc(Oc3ccc4c(c3)c3nc5ccccc5n3c3cccc(-c5c(C(C)C)cccc5C(C)C)c43)cc1c1nc3ccccc3n21. The monoisotopic (exact) mass is 814 g/mol. The molecule has 0 spiro atoms. The van der Waals surface area contributed by atoms with Crippen molar-refractivity contribution in [3.05, 3.63) is 180 Å². The van der Waals surface area contributed by atoms with E-state index in [1.54, 1.807) is 0 Å². The molecule has 12 rings (SSSR count). The molecule has 0 radical (unpaired) electrons. The van der Waals surface area contributed by atoms with Crippen molar-refractivity contribution in [3.8, 4) is 33.8 Å². The highest BCUT2D eigenvalue weighted by atomic mass is 16.5. The number of pyridine rings is 2. The Bertz CT molecular complexity index is 3820. The molecule has 0 saturated carbocycles. The minimum Gasteiger partial charge on any atom is -0.457 e. The zero-order valence-corrected chi connectivity index (χ0v) is 36.4. The van der Waals surface area contributed by atoms with Crippen LogP contribution in [0.15, 0.2) is 158 Å². The van der Waals surface area contributed by atoms with Gasteiger partial charge in [0.15, 0.2) is 0 Å². The smallest absolute Gasteiger partial charge is 0.146 e. The van der Waals surface area contributed by atoms with Crippen molar-refractivity contribution in [1.82, 2.24) is 18.8 Å². The number of fused-ring (bicyclic) bond motifs is 16. The normalized spacial score (nSPS) is 12.3. The van der Waals surface area contributed by atoms with Gasteiger partial charge in [-0.1, -0.05) is 113 Å². The van der Waals surface area contributed by atoms with E-state index in [0.717, 1.165) is 77.4 Å². The van der Waals surface area contributed by atoms with Gasteiger partial charge >= 0.3 is 0 Å². The predicted molar refractivity (Wildman–Crippen MR) is 264 cm³/mol. The number of hydrogen-bond acceptors (Lipinski definition) is 3. The number of aromatic nitrogens is 4. The molecule has 0 atom stereocenters. The predicted octanol–water partition coefficient (Wildman–Crippen LogP) is 15.9. The Morgan fingerprint density at radius 2 is 0.841 bits per heavy atom. The van der Waals surface area contributed by atoms with Gasteiger partial charge in [-0.3, -0.25) is 8.80 Å². The van der Waals surface area contributed by atoms with E-state index in [4.69, 9.17) is 14.7 Å². The average molecular weight is 815 g/mol. The van der Waals surface area contributed by atoms with E-state index in [0.29, 0.717) is 11.8 Å². The fraction of sp³-hybridized carbons (Fsp3) is 0.138. The summed E-state index contributed by atoms with van der Waals surface area (Å²) < 4.78 is 11.6. The van der Waals surface area contributed by atoms with Crippen LogP contribution in [0.5, 0.6) is 11.5 Å². The van der Waals surface area contributed by atoms with Crippen LogP contribution in [0, 0.1) is 13.8 Å². The second kappa shape index (κ2) is 14.0. The molecule has 0 aliphatic rings. The van der Waals surface area contributed by atoms with Gasteiger partial charge in [0.25, 0.3) is 0 Å². The van der Waals surface area contributed by atoms with Crippen LogP contribution < -0.4 is 4.74 Å². The molecule has 0 aliphatic heterocycles. The molecular weight excluding hydrogens is 769 g/mol. The maximum Gasteiger partial charge on any atom is 0.146 e. The second-order valence-corrected chi connectivity index (χ2v) is 17.8. The van der Waals surface area contributed by atoms with Gasteiger partial charge in [-0.25, -0.2) is 9.97 Å². The van der Waals surface area contributed by atoms with Crippen LogP contribution in [-0.2, 0) is 0 Å². The molecule has 0 bridgehead atoms. The molecule has 0 fully saturated rings. The van der Waals surface area contributed by atoms with Gasteiger partial charge in [0, 0.05) is 21.5 Å². The number of imidazole rings is 2. The van der Waals surface area contributed by atoms with Crippen molar-refractivity contribution in [2.75, 3.05) is 0 Å². The van der Waals surface area contributed by atoms with Gasteiger partial charge < -0.3 is 4.74 Å². The lowest BCUT2D eigenvalue weighted by atomic mass is 9.83. The lowest BCUT2D eigenvalue weighted by Crippen LogP contribution is -2.01. The molecule has 0 N–H and O–H groups in total. The Labute approximate surface area is 365 Å². The first-order valence-corrected chi connectivity index (χ1v) is 22.1. The van der Waals surface area contributed by atoms with Gasteiger partial charge in [0.2, 0.25) is 0 Å². The Balaban J connectivity index is 1.10. The van der Waals surface area contributed by atoms with Gasteiger partial charge in [-0.2, -0.15) is 0 Å². The topological polar surface area (TPSA) is 43.8 Å². The van der Waals surface area contributed by atoms with E-state index < -0.39 is 0 Å². The molecule has 12 aromatic rings. The molecule has 63 heavy (non-hydrogen) atoms. The Kier molecular flexibility index (Phi) is 8.29. The molecule has 4 heterocycles. The summed E-state index contributed by atoms with van der Waals surface area (Å²) in [6.45, 7) is 13.6. The van der Waals surface area contributed by atoms with E-state index in [1.807, 2.05) is 0 Å². The first-order valence-electron chi connectivity index (χ1n) is 22.1. The summed E-state index contributed by atoms with van der Waals surface area (Å²) in [6, 6.07) is 56.8.